The molecular weight excluding hydrogens is 374 g/mol. The van der Waals surface area contributed by atoms with Crippen molar-refractivity contribution in [3.8, 4) is 0 Å². The van der Waals surface area contributed by atoms with Crippen molar-refractivity contribution >= 4 is 34.1 Å². The summed E-state index contributed by atoms with van der Waals surface area (Å²) in [5.41, 5.74) is 3.41. The zero-order valence-corrected chi connectivity index (χ0v) is 15.6. The van der Waals surface area contributed by atoms with Crippen molar-refractivity contribution in [1.82, 2.24) is 9.88 Å². The number of halogens is 3. The number of pyridine rings is 1. The lowest BCUT2D eigenvalue weighted by molar-refractivity contribution is 0.0726. The molecule has 1 aliphatic carbocycles. The molecule has 1 heterocycles. The first kappa shape index (κ1) is 17.7. The van der Waals surface area contributed by atoms with Crippen LogP contribution in [0.1, 0.15) is 22.7 Å². The molecule has 26 heavy (non-hydrogen) atoms. The van der Waals surface area contributed by atoms with Gasteiger partial charge in [0.05, 0.1) is 17.7 Å². The number of aliphatic hydroxyl groups excluding tert-OH is 1. The van der Waals surface area contributed by atoms with Crippen LogP contribution in [0.15, 0.2) is 42.6 Å². The van der Waals surface area contributed by atoms with Crippen LogP contribution in [0.2, 0.25) is 10.0 Å². The first-order chi connectivity index (χ1) is 12.5. The third kappa shape index (κ3) is 2.97. The van der Waals surface area contributed by atoms with Gasteiger partial charge in [-0.05, 0) is 54.1 Å². The highest BCUT2D eigenvalue weighted by Gasteiger charge is 2.35. The summed E-state index contributed by atoms with van der Waals surface area (Å²) in [6.45, 7) is 0.513. The van der Waals surface area contributed by atoms with Gasteiger partial charge in [-0.25, -0.2) is 4.39 Å². The van der Waals surface area contributed by atoms with Crippen molar-refractivity contribution in [2.75, 3.05) is 7.05 Å². The predicted octanol–water partition coefficient (Wildman–Crippen LogP) is 4.77. The molecule has 0 saturated heterocycles. The number of hydrogen-bond donors (Lipinski definition) is 1. The molecule has 0 bridgehead atoms. The van der Waals surface area contributed by atoms with Crippen LogP contribution < -0.4 is 0 Å². The molecular formula is C20H17Cl2FN2O. The number of nitrogens with zero attached hydrogens (tertiary/aromatic N) is 2. The van der Waals surface area contributed by atoms with Gasteiger partial charge in [-0.3, -0.25) is 9.88 Å². The topological polar surface area (TPSA) is 36.4 Å². The normalized spacial score (nSPS) is 19.3. The molecule has 1 N–H and O–H groups in total. The first-order valence-corrected chi connectivity index (χ1v) is 9.09. The smallest absolute Gasteiger partial charge is 0.132 e. The molecule has 0 amide bonds. The van der Waals surface area contributed by atoms with Gasteiger partial charge in [-0.15, -0.1) is 0 Å². The third-order valence-corrected chi connectivity index (χ3v) is 5.54. The van der Waals surface area contributed by atoms with E-state index in [1.165, 1.54) is 6.07 Å². The molecule has 0 saturated carbocycles. The second-order valence-corrected chi connectivity index (χ2v) is 7.54. The second kappa shape index (κ2) is 6.78. The zero-order chi connectivity index (χ0) is 18.4. The molecule has 4 rings (SSSR count). The molecule has 3 aromatic rings. The Morgan fingerprint density at radius 3 is 2.88 bits per heavy atom. The maximum atomic E-state index is 14.0. The lowest BCUT2D eigenvalue weighted by atomic mass is 10.0. The summed E-state index contributed by atoms with van der Waals surface area (Å²) >= 11 is 12.5. The predicted molar refractivity (Wildman–Crippen MR) is 102 cm³/mol. The van der Waals surface area contributed by atoms with Crippen molar-refractivity contribution < 1.29 is 9.50 Å². The van der Waals surface area contributed by atoms with Gasteiger partial charge in [0.15, 0.2) is 0 Å². The molecule has 2 atom stereocenters. The number of aromatic nitrogens is 1. The van der Waals surface area contributed by atoms with Crippen LogP contribution in [0.25, 0.3) is 10.9 Å². The van der Waals surface area contributed by atoms with Crippen LogP contribution in [0.3, 0.4) is 0 Å². The second-order valence-electron chi connectivity index (χ2n) is 6.69. The fourth-order valence-electron chi connectivity index (χ4n) is 3.85. The van der Waals surface area contributed by atoms with Crippen LogP contribution in [-0.2, 0) is 13.0 Å². The fourth-order valence-corrected chi connectivity index (χ4v) is 4.44. The van der Waals surface area contributed by atoms with E-state index in [1.54, 1.807) is 30.5 Å². The number of likely N-dealkylation sites (N-methyl/N-ethyl adjacent to an activating group) is 1. The maximum absolute atomic E-state index is 14.0. The lowest BCUT2D eigenvalue weighted by Crippen LogP contribution is -2.30. The number of aliphatic hydroxyl groups is 1. The highest BCUT2D eigenvalue weighted by Crippen LogP contribution is 2.41. The molecule has 0 spiro atoms. The van der Waals surface area contributed by atoms with Gasteiger partial charge < -0.3 is 5.11 Å². The molecule has 1 aromatic heterocycles. The van der Waals surface area contributed by atoms with Crippen molar-refractivity contribution in [3.63, 3.8) is 0 Å². The van der Waals surface area contributed by atoms with E-state index in [1.807, 2.05) is 18.0 Å². The maximum Gasteiger partial charge on any atom is 0.132 e. The summed E-state index contributed by atoms with van der Waals surface area (Å²) in [6, 6.07) is 9.98. The first-order valence-electron chi connectivity index (χ1n) is 8.34. The van der Waals surface area contributed by atoms with Gasteiger partial charge in [0.25, 0.3) is 0 Å². The lowest BCUT2D eigenvalue weighted by Gasteiger charge is -2.28. The Bertz CT molecular complexity index is 995. The molecule has 6 heteroatoms. The van der Waals surface area contributed by atoms with Gasteiger partial charge >= 0.3 is 0 Å². The van der Waals surface area contributed by atoms with Crippen molar-refractivity contribution in [2.45, 2.75) is 25.1 Å². The number of fused-ring (bicyclic) bond motifs is 2. The largest absolute Gasteiger partial charge is 0.391 e. The van der Waals surface area contributed by atoms with Gasteiger partial charge in [-0.2, -0.15) is 0 Å². The molecule has 0 fully saturated rings. The Morgan fingerprint density at radius 1 is 1.27 bits per heavy atom. The quantitative estimate of drug-likeness (QED) is 0.699. The summed E-state index contributed by atoms with van der Waals surface area (Å²) in [4.78, 5) is 6.37. The van der Waals surface area contributed by atoms with E-state index in [2.05, 4.69) is 4.98 Å². The summed E-state index contributed by atoms with van der Waals surface area (Å²) < 4.78 is 14.0. The monoisotopic (exact) mass is 390 g/mol. The van der Waals surface area contributed by atoms with E-state index < -0.39 is 6.10 Å². The van der Waals surface area contributed by atoms with Gasteiger partial charge in [0.2, 0.25) is 0 Å². The summed E-state index contributed by atoms with van der Waals surface area (Å²) in [7, 11) is 1.93. The zero-order valence-electron chi connectivity index (χ0n) is 14.1. The van der Waals surface area contributed by atoms with Crippen LogP contribution in [-0.4, -0.2) is 28.1 Å². The Balaban J connectivity index is 1.71. The molecule has 134 valence electrons. The van der Waals surface area contributed by atoms with Gasteiger partial charge in [-0.1, -0.05) is 29.3 Å². The molecule has 3 nitrogen and oxygen atoms in total. The van der Waals surface area contributed by atoms with E-state index in [0.717, 1.165) is 16.7 Å². The van der Waals surface area contributed by atoms with Crippen molar-refractivity contribution in [2.24, 2.45) is 0 Å². The molecule has 2 aromatic carbocycles. The van der Waals surface area contributed by atoms with E-state index in [0.29, 0.717) is 33.9 Å². The summed E-state index contributed by atoms with van der Waals surface area (Å²) in [5, 5.41) is 12.2. The standard InChI is InChI=1S/C20H17Cl2FN2O/c1-25(10-11-4-5-17(23)13-3-2-6-24-19(11)13)20-15-7-12(21)8-16(22)14(15)9-18(20)26/h2-8,18,20,26H,9-10H2,1H3/t18-,20+/m1/s1. The summed E-state index contributed by atoms with van der Waals surface area (Å²) in [5.74, 6) is -0.288. The average molecular weight is 391 g/mol. The number of rotatable bonds is 3. The minimum absolute atomic E-state index is 0.231. The Kier molecular flexibility index (Phi) is 4.61. The van der Waals surface area contributed by atoms with E-state index >= 15 is 0 Å². The van der Waals surface area contributed by atoms with E-state index in [4.69, 9.17) is 23.2 Å². The third-order valence-electron chi connectivity index (χ3n) is 4.99. The number of benzene rings is 2. The molecule has 0 radical (unpaired) electrons. The minimum atomic E-state index is -0.578. The average Bonchev–Trinajstić information content (AvgIpc) is 2.94. The molecule has 1 aliphatic rings. The highest BCUT2D eigenvalue weighted by molar-refractivity contribution is 6.35. The molecule has 0 unspecified atom stereocenters. The number of hydrogen-bond acceptors (Lipinski definition) is 3. The molecule has 0 aliphatic heterocycles. The van der Waals surface area contributed by atoms with Crippen molar-refractivity contribution in [3.05, 3.63) is 75.1 Å². The minimum Gasteiger partial charge on any atom is -0.391 e. The Morgan fingerprint density at radius 2 is 2.08 bits per heavy atom. The van der Waals surface area contributed by atoms with Crippen LogP contribution in [0.5, 0.6) is 0 Å². The Hall–Kier alpha value is -1.72. The van der Waals surface area contributed by atoms with E-state index in [9.17, 15) is 9.50 Å². The van der Waals surface area contributed by atoms with Crippen LogP contribution in [0.4, 0.5) is 4.39 Å². The van der Waals surface area contributed by atoms with Gasteiger partial charge in [0.1, 0.15) is 5.82 Å². The van der Waals surface area contributed by atoms with Gasteiger partial charge in [0, 0.05) is 34.6 Å². The van der Waals surface area contributed by atoms with Crippen LogP contribution >= 0.6 is 23.2 Å². The fraction of sp³-hybridized carbons (Fsp3) is 0.250. The van der Waals surface area contributed by atoms with E-state index in [-0.39, 0.29) is 11.9 Å². The Labute approximate surface area is 161 Å². The van der Waals surface area contributed by atoms with Crippen molar-refractivity contribution in [1.29, 1.82) is 0 Å². The SMILES string of the molecule is CN(Cc1ccc(F)c2cccnc12)[C@H]1c2cc(Cl)cc(Cl)c2C[C@H]1O. The van der Waals surface area contributed by atoms with Crippen LogP contribution in [0, 0.1) is 5.82 Å². The highest BCUT2D eigenvalue weighted by atomic mass is 35.5. The summed E-state index contributed by atoms with van der Waals surface area (Å²) in [6.07, 6.45) is 1.57.